The molecule has 0 spiro atoms. The molecule has 1 unspecified atom stereocenters. The summed E-state index contributed by atoms with van der Waals surface area (Å²) in [4.78, 5) is 2.25. The highest BCUT2D eigenvalue weighted by Crippen LogP contribution is 2.31. The average Bonchev–Trinajstić information content (AvgIpc) is 2.87. The molecule has 2 rings (SSSR count). The molecular formula is C18H29FN2. The minimum absolute atomic E-state index is 0.0732. The van der Waals surface area contributed by atoms with Crippen molar-refractivity contribution in [1.29, 1.82) is 0 Å². The molecule has 0 aromatic heterocycles. The monoisotopic (exact) mass is 292 g/mol. The molecule has 1 heterocycles. The second-order valence-corrected chi connectivity index (χ2v) is 6.66. The molecule has 1 aromatic carbocycles. The lowest BCUT2D eigenvalue weighted by molar-refractivity contribution is 0.528. The molecule has 118 valence electrons. The summed E-state index contributed by atoms with van der Waals surface area (Å²) < 4.78 is 14.3. The molecule has 1 atom stereocenters. The summed E-state index contributed by atoms with van der Waals surface area (Å²) in [5.74, 6) is 1.27. The van der Waals surface area contributed by atoms with Crippen LogP contribution < -0.4 is 10.2 Å². The van der Waals surface area contributed by atoms with Crippen LogP contribution in [0.25, 0.3) is 0 Å². The Morgan fingerprint density at radius 1 is 1.38 bits per heavy atom. The standard InChI is InChI=1S/C18H29FN2/c1-4-6-15-9-10-21(13-15)18-16(7-5-8-17(18)19)12-20-11-14(2)3/h5,7-8,14-15,20H,4,6,9-13H2,1-3H3. The van der Waals surface area contributed by atoms with Gasteiger partial charge in [-0.2, -0.15) is 0 Å². The molecule has 0 aliphatic carbocycles. The van der Waals surface area contributed by atoms with E-state index in [-0.39, 0.29) is 5.82 Å². The average molecular weight is 292 g/mol. The van der Waals surface area contributed by atoms with Crippen LogP contribution in [0, 0.1) is 17.7 Å². The Hall–Kier alpha value is -1.09. The molecule has 2 nitrogen and oxygen atoms in total. The zero-order valence-corrected chi connectivity index (χ0v) is 13.7. The van der Waals surface area contributed by atoms with Crippen LogP contribution in [0.1, 0.15) is 45.6 Å². The highest BCUT2D eigenvalue weighted by molar-refractivity contribution is 5.55. The fourth-order valence-corrected chi connectivity index (χ4v) is 3.23. The van der Waals surface area contributed by atoms with Crippen molar-refractivity contribution in [2.24, 2.45) is 11.8 Å². The lowest BCUT2D eigenvalue weighted by Crippen LogP contribution is -2.25. The lowest BCUT2D eigenvalue weighted by Gasteiger charge is -2.23. The maximum atomic E-state index is 14.3. The van der Waals surface area contributed by atoms with Crippen LogP contribution in [-0.4, -0.2) is 19.6 Å². The Bertz CT molecular complexity index is 445. The van der Waals surface area contributed by atoms with Crippen molar-refractivity contribution in [3.63, 3.8) is 0 Å². The maximum Gasteiger partial charge on any atom is 0.146 e. The van der Waals surface area contributed by atoms with Crippen LogP contribution >= 0.6 is 0 Å². The second kappa shape index (κ2) is 7.79. The van der Waals surface area contributed by atoms with Crippen molar-refractivity contribution in [1.82, 2.24) is 5.32 Å². The van der Waals surface area contributed by atoms with Crippen LogP contribution in [0.5, 0.6) is 0 Å². The van der Waals surface area contributed by atoms with E-state index in [1.165, 1.54) is 19.3 Å². The summed E-state index contributed by atoms with van der Waals surface area (Å²) in [5.41, 5.74) is 1.92. The third kappa shape index (κ3) is 4.44. The third-order valence-corrected chi connectivity index (χ3v) is 4.24. The smallest absolute Gasteiger partial charge is 0.146 e. The first kappa shape index (κ1) is 16.3. The fraction of sp³-hybridized carbons (Fsp3) is 0.667. The Balaban J connectivity index is 2.07. The number of halogens is 1. The van der Waals surface area contributed by atoms with Gasteiger partial charge in [0.2, 0.25) is 0 Å². The molecule has 0 bridgehead atoms. The van der Waals surface area contributed by atoms with Gasteiger partial charge in [0.15, 0.2) is 0 Å². The number of benzene rings is 1. The quantitative estimate of drug-likeness (QED) is 0.810. The first-order valence-electron chi connectivity index (χ1n) is 8.34. The first-order valence-corrected chi connectivity index (χ1v) is 8.34. The molecule has 1 saturated heterocycles. The Morgan fingerprint density at radius 2 is 2.19 bits per heavy atom. The van der Waals surface area contributed by atoms with Gasteiger partial charge in [-0.05, 0) is 42.9 Å². The van der Waals surface area contributed by atoms with Gasteiger partial charge in [0.1, 0.15) is 5.82 Å². The van der Waals surface area contributed by atoms with Gasteiger partial charge in [0.05, 0.1) is 5.69 Å². The van der Waals surface area contributed by atoms with E-state index in [0.717, 1.165) is 43.3 Å². The largest absolute Gasteiger partial charge is 0.369 e. The number of nitrogens with one attached hydrogen (secondary N) is 1. The van der Waals surface area contributed by atoms with Gasteiger partial charge in [0, 0.05) is 19.6 Å². The minimum Gasteiger partial charge on any atom is -0.369 e. The molecule has 0 amide bonds. The first-order chi connectivity index (χ1) is 10.1. The maximum absolute atomic E-state index is 14.3. The van der Waals surface area contributed by atoms with Crippen molar-refractivity contribution in [3.8, 4) is 0 Å². The number of hydrogen-bond donors (Lipinski definition) is 1. The van der Waals surface area contributed by atoms with Gasteiger partial charge in [0.25, 0.3) is 0 Å². The number of hydrogen-bond acceptors (Lipinski definition) is 2. The summed E-state index contributed by atoms with van der Waals surface area (Å²) in [6.45, 7) is 10.3. The van der Waals surface area contributed by atoms with E-state index in [2.05, 4.69) is 37.1 Å². The summed E-state index contributed by atoms with van der Waals surface area (Å²) in [6, 6.07) is 5.47. The number of rotatable bonds is 7. The molecule has 1 aliphatic rings. The van der Waals surface area contributed by atoms with Crippen LogP contribution in [0.3, 0.4) is 0 Å². The van der Waals surface area contributed by atoms with Gasteiger partial charge in [-0.25, -0.2) is 4.39 Å². The topological polar surface area (TPSA) is 15.3 Å². The lowest BCUT2D eigenvalue weighted by atomic mass is 10.0. The Labute approximate surface area is 128 Å². The van der Waals surface area contributed by atoms with E-state index < -0.39 is 0 Å². The van der Waals surface area contributed by atoms with E-state index >= 15 is 0 Å². The van der Waals surface area contributed by atoms with Crippen LogP contribution in [0.4, 0.5) is 10.1 Å². The molecule has 1 aliphatic heterocycles. The highest BCUT2D eigenvalue weighted by atomic mass is 19.1. The van der Waals surface area contributed by atoms with Gasteiger partial charge < -0.3 is 10.2 Å². The molecule has 1 N–H and O–H groups in total. The Morgan fingerprint density at radius 3 is 2.90 bits per heavy atom. The van der Waals surface area contributed by atoms with Gasteiger partial charge in [-0.1, -0.05) is 39.3 Å². The van der Waals surface area contributed by atoms with Crippen molar-refractivity contribution in [3.05, 3.63) is 29.6 Å². The molecule has 1 aromatic rings. The van der Waals surface area contributed by atoms with Crippen molar-refractivity contribution >= 4 is 5.69 Å². The van der Waals surface area contributed by atoms with Crippen molar-refractivity contribution < 1.29 is 4.39 Å². The minimum atomic E-state index is -0.0732. The molecule has 0 radical (unpaired) electrons. The predicted octanol–water partition coefficient (Wildman–Crippen LogP) is 4.20. The highest BCUT2D eigenvalue weighted by Gasteiger charge is 2.25. The third-order valence-electron chi connectivity index (χ3n) is 4.24. The molecule has 21 heavy (non-hydrogen) atoms. The molecule has 0 saturated carbocycles. The van der Waals surface area contributed by atoms with Crippen molar-refractivity contribution in [2.45, 2.75) is 46.6 Å². The SMILES string of the molecule is CCCC1CCN(c2c(F)cccc2CNCC(C)C)C1. The second-order valence-electron chi connectivity index (χ2n) is 6.66. The van der Waals surface area contributed by atoms with E-state index in [0.29, 0.717) is 5.92 Å². The van der Waals surface area contributed by atoms with E-state index in [1.54, 1.807) is 6.07 Å². The Kier molecular flexibility index (Phi) is 6.04. The molecule has 3 heteroatoms. The predicted molar refractivity (Wildman–Crippen MR) is 88.2 cm³/mol. The number of para-hydroxylation sites is 1. The number of anilines is 1. The van der Waals surface area contributed by atoms with Crippen LogP contribution in [0.15, 0.2) is 18.2 Å². The molecular weight excluding hydrogens is 263 g/mol. The summed E-state index contributed by atoms with van der Waals surface area (Å²) in [6.07, 6.45) is 3.67. The fourth-order valence-electron chi connectivity index (χ4n) is 3.23. The van der Waals surface area contributed by atoms with Crippen LogP contribution in [-0.2, 0) is 6.54 Å². The van der Waals surface area contributed by atoms with E-state index in [9.17, 15) is 4.39 Å². The van der Waals surface area contributed by atoms with E-state index in [4.69, 9.17) is 0 Å². The number of nitrogens with zero attached hydrogens (tertiary/aromatic N) is 1. The summed E-state index contributed by atoms with van der Waals surface area (Å²) >= 11 is 0. The normalized spacial score (nSPS) is 18.7. The molecule has 1 fully saturated rings. The van der Waals surface area contributed by atoms with Crippen molar-refractivity contribution in [2.75, 3.05) is 24.5 Å². The van der Waals surface area contributed by atoms with Gasteiger partial charge in [-0.3, -0.25) is 0 Å². The summed E-state index contributed by atoms with van der Waals surface area (Å²) in [7, 11) is 0. The zero-order chi connectivity index (χ0) is 15.2. The van der Waals surface area contributed by atoms with Crippen LogP contribution in [0.2, 0.25) is 0 Å². The zero-order valence-electron chi connectivity index (χ0n) is 13.7. The van der Waals surface area contributed by atoms with Gasteiger partial charge in [-0.15, -0.1) is 0 Å². The summed E-state index contributed by atoms with van der Waals surface area (Å²) in [5, 5.41) is 3.44. The van der Waals surface area contributed by atoms with E-state index in [1.807, 2.05) is 6.07 Å². The van der Waals surface area contributed by atoms with Gasteiger partial charge >= 0.3 is 0 Å².